The van der Waals surface area contributed by atoms with Crippen LogP contribution >= 0.6 is 15.9 Å². The lowest BCUT2D eigenvalue weighted by Gasteiger charge is -2.39. The number of likely N-dealkylation sites (N-methyl/N-ethyl adjacent to an activating group) is 1. The second kappa shape index (κ2) is 16.9. The van der Waals surface area contributed by atoms with Crippen molar-refractivity contribution in [1.82, 2.24) is 9.80 Å². The van der Waals surface area contributed by atoms with Gasteiger partial charge in [0.25, 0.3) is 5.91 Å². The van der Waals surface area contributed by atoms with Crippen molar-refractivity contribution in [1.29, 1.82) is 0 Å². The predicted molar refractivity (Wildman–Crippen MR) is 211 cm³/mol. The summed E-state index contributed by atoms with van der Waals surface area (Å²) in [6.07, 6.45) is 2.61. The molecule has 290 valence electrons. The third-order valence-corrected chi connectivity index (χ3v) is 12.1. The van der Waals surface area contributed by atoms with Gasteiger partial charge in [0.1, 0.15) is 23.5 Å². The van der Waals surface area contributed by atoms with Gasteiger partial charge < -0.3 is 34.0 Å². The van der Waals surface area contributed by atoms with Crippen LogP contribution in [0, 0.1) is 11.8 Å². The fourth-order valence-electron chi connectivity index (χ4n) is 8.47. The number of carbonyl (C=O) groups excluding carboxylic acids is 4. The van der Waals surface area contributed by atoms with E-state index in [4.69, 9.17) is 14.2 Å². The minimum Gasteiger partial charge on any atom is -0.497 e. The first-order valence-electron chi connectivity index (χ1n) is 18.5. The SMILES string of the molecule is C=CCCC(=O)N(C)[C@H](C)[C@H](OC(=O)[C@@H]1[C@H]2O[C@@]3(CC2Br)[C@H](C(=O)N(CC=C)c2ccc(OC)cc2)N([C@H](CO)c2ccccc2)C(=O)[C@@H]13)c1ccccc1. The van der Waals surface area contributed by atoms with E-state index in [-0.39, 0.29) is 25.3 Å². The van der Waals surface area contributed by atoms with Crippen LogP contribution in [0.5, 0.6) is 5.75 Å². The Morgan fingerprint density at radius 1 is 1.02 bits per heavy atom. The molecule has 3 aliphatic heterocycles. The third kappa shape index (κ3) is 7.35. The molecule has 3 aliphatic rings. The van der Waals surface area contributed by atoms with E-state index in [1.54, 1.807) is 79.7 Å². The number of nitrogens with zero attached hydrogens (tertiary/aromatic N) is 3. The summed E-state index contributed by atoms with van der Waals surface area (Å²) in [4.78, 5) is 62.3. The highest BCUT2D eigenvalue weighted by Crippen LogP contribution is 2.61. The number of likely N-dealkylation sites (tertiary alicyclic amines) is 1. The molecule has 0 aromatic heterocycles. The number of aliphatic hydroxyl groups excluding tert-OH is 1. The van der Waals surface area contributed by atoms with Crippen LogP contribution in [-0.4, -0.2) is 94.5 Å². The molecule has 3 fully saturated rings. The molecule has 3 amide bonds. The summed E-state index contributed by atoms with van der Waals surface area (Å²) in [5, 5.41) is 11.0. The summed E-state index contributed by atoms with van der Waals surface area (Å²) >= 11 is 3.76. The minimum atomic E-state index is -1.45. The Kier molecular flexibility index (Phi) is 12.3. The summed E-state index contributed by atoms with van der Waals surface area (Å²) < 4.78 is 18.6. The molecule has 1 unspecified atom stereocenters. The number of amides is 3. The number of hydrogen-bond acceptors (Lipinski definition) is 8. The van der Waals surface area contributed by atoms with Gasteiger partial charge in [-0.05, 0) is 55.2 Å². The van der Waals surface area contributed by atoms with Gasteiger partial charge in [0.05, 0.1) is 43.7 Å². The van der Waals surface area contributed by atoms with Crippen LogP contribution in [0.15, 0.2) is 110 Å². The number of benzene rings is 3. The lowest BCUT2D eigenvalue weighted by Crippen LogP contribution is -2.57. The smallest absolute Gasteiger partial charge is 0.313 e. The van der Waals surface area contributed by atoms with Gasteiger partial charge in [-0.2, -0.15) is 0 Å². The van der Waals surface area contributed by atoms with Crippen molar-refractivity contribution in [2.45, 2.75) is 66.9 Å². The molecule has 55 heavy (non-hydrogen) atoms. The normalized spacial score (nSPS) is 25.4. The Labute approximate surface area is 330 Å². The quantitative estimate of drug-likeness (QED) is 0.110. The predicted octanol–water partition coefficient (Wildman–Crippen LogP) is 5.79. The third-order valence-electron chi connectivity index (χ3n) is 11.3. The van der Waals surface area contributed by atoms with E-state index in [0.717, 1.165) is 0 Å². The molecule has 12 heteroatoms. The maximum Gasteiger partial charge on any atom is 0.313 e. The molecular weight excluding hydrogens is 766 g/mol. The van der Waals surface area contributed by atoms with Gasteiger partial charge in [0.15, 0.2) is 0 Å². The number of allylic oxidation sites excluding steroid dienone is 1. The van der Waals surface area contributed by atoms with E-state index < -0.39 is 77.0 Å². The Morgan fingerprint density at radius 2 is 1.65 bits per heavy atom. The average Bonchev–Trinajstić information content (AvgIpc) is 3.81. The molecule has 0 saturated carbocycles. The topological polar surface area (TPSA) is 126 Å². The van der Waals surface area contributed by atoms with Crippen molar-refractivity contribution >= 4 is 45.3 Å². The van der Waals surface area contributed by atoms with Gasteiger partial charge in [-0.3, -0.25) is 19.2 Å². The summed E-state index contributed by atoms with van der Waals surface area (Å²) in [5.41, 5.74) is 0.398. The second-order valence-electron chi connectivity index (χ2n) is 14.3. The number of aliphatic hydroxyl groups is 1. The van der Waals surface area contributed by atoms with Gasteiger partial charge >= 0.3 is 5.97 Å². The minimum absolute atomic E-state index is 0.113. The fourth-order valence-corrected chi connectivity index (χ4v) is 9.41. The zero-order valence-electron chi connectivity index (χ0n) is 31.3. The lowest BCUT2D eigenvalue weighted by molar-refractivity contribution is -0.165. The zero-order valence-corrected chi connectivity index (χ0v) is 32.9. The number of hydrogen-bond donors (Lipinski definition) is 1. The van der Waals surface area contributed by atoms with Crippen LogP contribution in [0.1, 0.15) is 49.5 Å². The number of alkyl halides is 1. The molecule has 3 aromatic rings. The van der Waals surface area contributed by atoms with E-state index in [1.165, 1.54) is 9.80 Å². The van der Waals surface area contributed by atoms with Gasteiger partial charge in [0, 0.05) is 30.5 Å². The van der Waals surface area contributed by atoms with Gasteiger partial charge in [-0.15, -0.1) is 13.2 Å². The summed E-state index contributed by atoms with van der Waals surface area (Å²) in [7, 11) is 3.23. The standard InChI is InChI=1S/C43H48BrN3O8/c1-6-8-19-34(49)45(4)27(3)37(29-17-13-10-14-18-29)54-42(52)35-36-40(50)47(33(26-48)28-15-11-9-12-16-28)39(43(36)25-32(44)38(35)55-43)41(51)46(24-7-2)30-20-22-31(53-5)23-21-30/h6-7,9-18,20-23,27,32-33,35-39,48H,1-2,8,19,24-26H2,3-5H3/t27-,32?,33-,35+,36-,37+,38+,39+,43-/m1/s1. The molecule has 1 N–H and O–H groups in total. The average molecular weight is 815 g/mol. The van der Waals surface area contributed by atoms with E-state index in [2.05, 4.69) is 29.1 Å². The van der Waals surface area contributed by atoms with Crippen molar-refractivity contribution < 1.29 is 38.5 Å². The van der Waals surface area contributed by atoms with Crippen molar-refractivity contribution in [2.75, 3.05) is 32.2 Å². The monoisotopic (exact) mass is 813 g/mol. The number of carbonyl (C=O) groups is 4. The van der Waals surface area contributed by atoms with E-state index in [9.17, 15) is 14.7 Å². The summed E-state index contributed by atoms with van der Waals surface area (Å²) in [6.45, 7) is 9.07. The molecule has 3 saturated heterocycles. The Hall–Kier alpha value is -4.78. The van der Waals surface area contributed by atoms with E-state index in [0.29, 0.717) is 29.0 Å². The Morgan fingerprint density at radius 3 is 2.24 bits per heavy atom. The number of esters is 1. The molecule has 3 heterocycles. The molecule has 1 spiro atoms. The van der Waals surface area contributed by atoms with Crippen LogP contribution in [0.3, 0.4) is 0 Å². The van der Waals surface area contributed by atoms with Crippen LogP contribution < -0.4 is 9.64 Å². The second-order valence-corrected chi connectivity index (χ2v) is 15.5. The van der Waals surface area contributed by atoms with Crippen LogP contribution in [-0.2, 0) is 28.7 Å². The Balaban J connectivity index is 1.42. The molecule has 6 rings (SSSR count). The molecule has 11 nitrogen and oxygen atoms in total. The van der Waals surface area contributed by atoms with E-state index >= 15 is 9.59 Å². The first kappa shape index (κ1) is 39.9. The van der Waals surface area contributed by atoms with E-state index in [1.807, 2.05) is 43.3 Å². The summed E-state index contributed by atoms with van der Waals surface area (Å²) in [6, 6.07) is 22.5. The number of anilines is 1. The largest absolute Gasteiger partial charge is 0.497 e. The highest BCUT2D eigenvalue weighted by molar-refractivity contribution is 9.09. The number of ether oxygens (including phenoxy) is 3. The maximum atomic E-state index is 15.2. The molecular formula is C43H48BrN3O8. The van der Waals surface area contributed by atoms with Gasteiger partial charge in [0.2, 0.25) is 11.8 Å². The van der Waals surface area contributed by atoms with Crippen molar-refractivity contribution in [3.63, 3.8) is 0 Å². The number of methoxy groups -OCH3 is 1. The lowest BCUT2D eigenvalue weighted by atomic mass is 9.70. The van der Waals surface area contributed by atoms with Crippen molar-refractivity contribution in [2.24, 2.45) is 11.8 Å². The highest BCUT2D eigenvalue weighted by Gasteiger charge is 2.78. The first-order valence-corrected chi connectivity index (χ1v) is 19.4. The molecule has 2 bridgehead atoms. The van der Waals surface area contributed by atoms with Gasteiger partial charge in [-0.1, -0.05) is 88.7 Å². The highest BCUT2D eigenvalue weighted by atomic mass is 79.9. The maximum absolute atomic E-state index is 15.2. The van der Waals surface area contributed by atoms with Gasteiger partial charge in [-0.25, -0.2) is 0 Å². The first-order chi connectivity index (χ1) is 26.5. The van der Waals surface area contributed by atoms with Crippen LogP contribution in [0.25, 0.3) is 0 Å². The molecule has 0 aliphatic carbocycles. The molecule has 9 atom stereocenters. The van der Waals surface area contributed by atoms with Crippen molar-refractivity contribution in [3.8, 4) is 5.75 Å². The fraction of sp³-hybridized carbons (Fsp3) is 0.395. The van der Waals surface area contributed by atoms with Crippen LogP contribution in [0.2, 0.25) is 0 Å². The molecule has 3 aromatic carbocycles. The number of rotatable bonds is 16. The molecule has 0 radical (unpaired) electrons. The van der Waals surface area contributed by atoms with Crippen LogP contribution in [0.4, 0.5) is 5.69 Å². The number of halogens is 1. The summed E-state index contributed by atoms with van der Waals surface area (Å²) in [5.74, 6) is -3.34. The Bertz CT molecular complexity index is 1880. The van der Waals surface area contributed by atoms with Crippen molar-refractivity contribution in [3.05, 3.63) is 121 Å². The number of fused-ring (bicyclic) bond motifs is 1. The zero-order chi connectivity index (χ0) is 39.4.